The van der Waals surface area contributed by atoms with Crippen LogP contribution in [0.1, 0.15) is 53.4 Å². The molecule has 0 spiro atoms. The lowest BCUT2D eigenvalue weighted by Crippen LogP contribution is -2.08. The van der Waals surface area contributed by atoms with E-state index in [1.165, 1.54) is 0 Å². The molecule has 158 valence electrons. The molecule has 1 aromatic heterocycles. The van der Waals surface area contributed by atoms with Crippen molar-refractivity contribution in [2.45, 2.75) is 32.8 Å². The van der Waals surface area contributed by atoms with E-state index in [2.05, 4.69) is 10.2 Å². The number of rotatable bonds is 7. The van der Waals surface area contributed by atoms with Gasteiger partial charge in [-0.2, -0.15) is 5.10 Å². The number of allylic oxidation sites excluding steroid dienone is 2. The maximum atomic E-state index is 12.1. The van der Waals surface area contributed by atoms with E-state index in [4.69, 9.17) is 21.1 Å². The van der Waals surface area contributed by atoms with E-state index in [9.17, 15) is 4.79 Å². The van der Waals surface area contributed by atoms with E-state index >= 15 is 0 Å². The van der Waals surface area contributed by atoms with Gasteiger partial charge in [-0.1, -0.05) is 41.9 Å². The number of carbonyl (C=O) groups excluding carboxylic acids is 1. The van der Waals surface area contributed by atoms with Crippen molar-refractivity contribution in [1.29, 1.82) is 0 Å². The van der Waals surface area contributed by atoms with Gasteiger partial charge in [-0.25, -0.2) is 4.79 Å². The Bertz CT molecular complexity index is 1110. The van der Waals surface area contributed by atoms with E-state index in [1.54, 1.807) is 19.2 Å². The van der Waals surface area contributed by atoms with Crippen molar-refractivity contribution < 1.29 is 14.3 Å². The summed E-state index contributed by atoms with van der Waals surface area (Å²) in [6, 6.07) is 17.5. The van der Waals surface area contributed by atoms with Crippen molar-refractivity contribution in [2.24, 2.45) is 0 Å². The van der Waals surface area contributed by atoms with Crippen LogP contribution in [0.15, 0.2) is 60.8 Å². The van der Waals surface area contributed by atoms with Crippen LogP contribution in [0.2, 0.25) is 5.02 Å². The summed E-state index contributed by atoms with van der Waals surface area (Å²) in [4.78, 5) is 12.1. The zero-order valence-corrected chi connectivity index (χ0v) is 18.1. The van der Waals surface area contributed by atoms with Gasteiger partial charge in [0.25, 0.3) is 0 Å². The van der Waals surface area contributed by atoms with Gasteiger partial charge in [-0.3, -0.25) is 0 Å². The number of carbonyl (C=O) groups is 1. The standard InChI is InChI=1S/C25H23ClN2O3/c1-2-30-25(29)23-13-18(15-27-28-23)20-9-6-10-21(20)22-14-19(26)11-12-24(22)31-16-17-7-4-3-5-8-17/h3-5,7-8,11-15H,2,6,9-10,16H2,1H3. The van der Waals surface area contributed by atoms with Crippen LogP contribution in [0.3, 0.4) is 0 Å². The normalized spacial score (nSPS) is 13.4. The zero-order chi connectivity index (χ0) is 21.6. The topological polar surface area (TPSA) is 61.3 Å². The summed E-state index contributed by atoms with van der Waals surface area (Å²) in [5.74, 6) is 0.321. The maximum absolute atomic E-state index is 12.1. The molecule has 0 N–H and O–H groups in total. The van der Waals surface area contributed by atoms with Crippen LogP contribution >= 0.6 is 11.6 Å². The lowest BCUT2D eigenvalue weighted by atomic mass is 9.97. The van der Waals surface area contributed by atoms with E-state index in [0.717, 1.165) is 52.8 Å². The molecule has 0 aliphatic heterocycles. The fraction of sp³-hybridized carbons (Fsp3) is 0.240. The quantitative estimate of drug-likeness (QED) is 0.428. The van der Waals surface area contributed by atoms with Gasteiger partial charge < -0.3 is 9.47 Å². The molecule has 6 heteroatoms. The molecule has 1 heterocycles. The number of halogens is 1. The Morgan fingerprint density at radius 3 is 2.68 bits per heavy atom. The third kappa shape index (κ3) is 4.94. The fourth-order valence-corrected chi connectivity index (χ4v) is 3.97. The average Bonchev–Trinajstić information content (AvgIpc) is 3.29. The Morgan fingerprint density at radius 2 is 1.87 bits per heavy atom. The summed E-state index contributed by atoms with van der Waals surface area (Å²) in [5.41, 5.74) is 5.46. The number of hydrogen-bond acceptors (Lipinski definition) is 5. The van der Waals surface area contributed by atoms with Gasteiger partial charge in [0, 0.05) is 16.1 Å². The molecule has 0 unspecified atom stereocenters. The molecule has 0 saturated heterocycles. The summed E-state index contributed by atoms with van der Waals surface area (Å²) < 4.78 is 11.2. The smallest absolute Gasteiger partial charge is 0.358 e. The molecule has 3 aromatic rings. The highest BCUT2D eigenvalue weighted by Crippen LogP contribution is 2.43. The predicted octanol–water partition coefficient (Wildman–Crippen LogP) is 5.98. The number of aromatic nitrogens is 2. The largest absolute Gasteiger partial charge is 0.488 e. The van der Waals surface area contributed by atoms with Crippen molar-refractivity contribution >= 4 is 28.7 Å². The Labute approximate surface area is 186 Å². The average molecular weight is 435 g/mol. The second-order valence-corrected chi connectivity index (χ2v) is 7.71. The molecule has 31 heavy (non-hydrogen) atoms. The van der Waals surface area contributed by atoms with Crippen molar-refractivity contribution in [3.63, 3.8) is 0 Å². The highest BCUT2D eigenvalue weighted by Gasteiger charge is 2.22. The van der Waals surface area contributed by atoms with Gasteiger partial charge in [0.05, 0.1) is 12.8 Å². The van der Waals surface area contributed by atoms with Crippen LogP contribution in [-0.4, -0.2) is 22.8 Å². The Morgan fingerprint density at radius 1 is 1.06 bits per heavy atom. The molecule has 0 radical (unpaired) electrons. The molecule has 0 atom stereocenters. The first kappa shape index (κ1) is 21.1. The van der Waals surface area contributed by atoms with Crippen molar-refractivity contribution in [3.05, 3.63) is 88.2 Å². The molecule has 1 aliphatic rings. The van der Waals surface area contributed by atoms with Crippen LogP contribution in [0.5, 0.6) is 5.75 Å². The van der Waals surface area contributed by atoms with Gasteiger partial charge in [-0.15, -0.1) is 5.10 Å². The van der Waals surface area contributed by atoms with Crippen LogP contribution in [0, 0.1) is 0 Å². The highest BCUT2D eigenvalue weighted by molar-refractivity contribution is 6.30. The van der Waals surface area contributed by atoms with Gasteiger partial charge in [-0.05, 0) is 67.2 Å². The molecule has 0 bridgehead atoms. The lowest BCUT2D eigenvalue weighted by molar-refractivity contribution is 0.0518. The number of nitrogens with zero attached hydrogens (tertiary/aromatic N) is 2. The van der Waals surface area contributed by atoms with E-state index < -0.39 is 5.97 Å². The van der Waals surface area contributed by atoms with Crippen LogP contribution < -0.4 is 4.74 Å². The summed E-state index contributed by atoms with van der Waals surface area (Å²) in [6.45, 7) is 2.54. The predicted molar refractivity (Wildman–Crippen MR) is 121 cm³/mol. The minimum Gasteiger partial charge on any atom is -0.488 e. The maximum Gasteiger partial charge on any atom is 0.358 e. The zero-order valence-electron chi connectivity index (χ0n) is 17.3. The fourth-order valence-electron chi connectivity index (χ4n) is 3.80. The third-order valence-corrected chi connectivity index (χ3v) is 5.44. The van der Waals surface area contributed by atoms with E-state index in [0.29, 0.717) is 18.2 Å². The monoisotopic (exact) mass is 434 g/mol. The second-order valence-electron chi connectivity index (χ2n) is 7.28. The van der Waals surface area contributed by atoms with Crippen LogP contribution in [0.25, 0.3) is 11.1 Å². The number of ether oxygens (including phenoxy) is 2. The molecular formula is C25H23ClN2O3. The van der Waals surface area contributed by atoms with Gasteiger partial charge >= 0.3 is 5.97 Å². The molecule has 0 fully saturated rings. The highest BCUT2D eigenvalue weighted by atomic mass is 35.5. The Hall–Kier alpha value is -3.18. The lowest BCUT2D eigenvalue weighted by Gasteiger charge is -2.15. The minimum absolute atomic E-state index is 0.213. The van der Waals surface area contributed by atoms with E-state index in [-0.39, 0.29) is 5.69 Å². The molecule has 1 aliphatic carbocycles. The molecule has 2 aromatic carbocycles. The Balaban J connectivity index is 1.69. The second kappa shape index (κ2) is 9.75. The number of esters is 1. The van der Waals surface area contributed by atoms with Gasteiger partial charge in [0.15, 0.2) is 5.69 Å². The van der Waals surface area contributed by atoms with Crippen LogP contribution in [0.4, 0.5) is 0 Å². The van der Waals surface area contributed by atoms with Crippen molar-refractivity contribution in [2.75, 3.05) is 6.61 Å². The van der Waals surface area contributed by atoms with Gasteiger partial charge in [0.1, 0.15) is 12.4 Å². The molecule has 0 saturated carbocycles. The molecular weight excluding hydrogens is 412 g/mol. The first-order valence-corrected chi connectivity index (χ1v) is 10.7. The molecule has 5 nitrogen and oxygen atoms in total. The Kier molecular flexibility index (Phi) is 6.63. The summed E-state index contributed by atoms with van der Waals surface area (Å²) in [6.07, 6.45) is 4.48. The van der Waals surface area contributed by atoms with Gasteiger partial charge in [0.2, 0.25) is 0 Å². The van der Waals surface area contributed by atoms with Crippen LogP contribution in [-0.2, 0) is 11.3 Å². The molecule has 4 rings (SSSR count). The number of benzene rings is 2. The van der Waals surface area contributed by atoms with Crippen molar-refractivity contribution in [1.82, 2.24) is 10.2 Å². The SMILES string of the molecule is CCOC(=O)c1cc(C2=C(c3cc(Cl)ccc3OCc3ccccc3)CCC2)cnn1. The molecule has 0 amide bonds. The first-order valence-electron chi connectivity index (χ1n) is 10.3. The first-order chi connectivity index (χ1) is 15.2. The summed E-state index contributed by atoms with van der Waals surface area (Å²) >= 11 is 6.35. The number of hydrogen-bond donors (Lipinski definition) is 0. The summed E-state index contributed by atoms with van der Waals surface area (Å²) in [5, 5.41) is 8.62. The van der Waals surface area contributed by atoms with E-state index in [1.807, 2.05) is 48.5 Å². The third-order valence-electron chi connectivity index (χ3n) is 5.21. The minimum atomic E-state index is -0.466. The van der Waals surface area contributed by atoms with Crippen molar-refractivity contribution in [3.8, 4) is 5.75 Å². The summed E-state index contributed by atoms with van der Waals surface area (Å²) in [7, 11) is 0.